The van der Waals surface area contributed by atoms with E-state index >= 15 is 0 Å². The molecule has 0 spiro atoms. The van der Waals surface area contributed by atoms with Gasteiger partial charge in [-0.1, -0.05) is 66.7 Å². The first-order valence-electron chi connectivity index (χ1n) is 8.82. The molecule has 0 atom stereocenters. The minimum Gasteiger partial charge on any atom is -0.383 e. The van der Waals surface area contributed by atoms with Crippen molar-refractivity contribution in [2.24, 2.45) is 10.2 Å². The van der Waals surface area contributed by atoms with Crippen LogP contribution in [0.25, 0.3) is 0 Å². The molecule has 29 heavy (non-hydrogen) atoms. The highest BCUT2D eigenvalue weighted by molar-refractivity contribution is 6.51. The van der Waals surface area contributed by atoms with Crippen molar-refractivity contribution in [2.45, 2.75) is 0 Å². The summed E-state index contributed by atoms with van der Waals surface area (Å²) < 4.78 is 0. The van der Waals surface area contributed by atoms with E-state index in [1.54, 1.807) is 55.6 Å². The Hall–Kier alpha value is -4.13. The Morgan fingerprint density at radius 1 is 0.966 bits per heavy atom. The van der Waals surface area contributed by atoms with Crippen LogP contribution >= 0.6 is 0 Å². The van der Waals surface area contributed by atoms with Crippen molar-refractivity contribution in [2.75, 3.05) is 12.4 Å². The second kappa shape index (κ2) is 9.18. The lowest BCUT2D eigenvalue weighted by molar-refractivity contribution is -0.383. The van der Waals surface area contributed by atoms with Gasteiger partial charge >= 0.3 is 0 Å². The van der Waals surface area contributed by atoms with Crippen molar-refractivity contribution in [3.8, 4) is 0 Å². The van der Waals surface area contributed by atoms with Gasteiger partial charge in [-0.3, -0.25) is 14.9 Å². The lowest BCUT2D eigenvalue weighted by atomic mass is 10.0. The van der Waals surface area contributed by atoms with E-state index in [0.29, 0.717) is 22.4 Å². The molecule has 0 heterocycles. The quantitative estimate of drug-likeness (QED) is 0.283. The Kier molecular flexibility index (Phi) is 6.22. The molecule has 0 saturated heterocycles. The molecule has 0 unspecified atom stereocenters. The number of nitro benzene ring substituents is 1. The van der Waals surface area contributed by atoms with E-state index in [2.05, 4.69) is 15.5 Å². The molecule has 0 aliphatic heterocycles. The first-order valence-corrected chi connectivity index (χ1v) is 8.82. The SMILES string of the molecule is CNc1ccc(/C=N/N=C(/C(=O)c2ccccc2)c2ccccc2)cc1[N+](=O)[O-]. The number of nitro groups is 1. The lowest BCUT2D eigenvalue weighted by Gasteiger charge is -2.04. The fraction of sp³-hybridized carbons (Fsp3) is 0.0455. The smallest absolute Gasteiger partial charge is 0.292 e. The number of hydrogen-bond acceptors (Lipinski definition) is 6. The van der Waals surface area contributed by atoms with Crippen LogP contribution in [-0.4, -0.2) is 29.7 Å². The largest absolute Gasteiger partial charge is 0.383 e. The predicted octanol–water partition coefficient (Wildman–Crippen LogP) is 4.34. The van der Waals surface area contributed by atoms with Gasteiger partial charge in [-0.15, -0.1) is 5.10 Å². The minimum atomic E-state index is -0.471. The second-order valence-corrected chi connectivity index (χ2v) is 6.04. The molecule has 144 valence electrons. The molecule has 0 bridgehead atoms. The monoisotopic (exact) mass is 386 g/mol. The molecule has 3 aromatic rings. The van der Waals surface area contributed by atoms with Crippen LogP contribution in [0.15, 0.2) is 89.1 Å². The van der Waals surface area contributed by atoms with Gasteiger partial charge in [0.15, 0.2) is 0 Å². The van der Waals surface area contributed by atoms with Gasteiger partial charge in [0.1, 0.15) is 11.4 Å². The third-order valence-corrected chi connectivity index (χ3v) is 4.15. The van der Waals surface area contributed by atoms with Crippen LogP contribution in [0.2, 0.25) is 0 Å². The fourth-order valence-electron chi connectivity index (χ4n) is 2.70. The van der Waals surface area contributed by atoms with Gasteiger partial charge in [-0.25, -0.2) is 0 Å². The number of benzene rings is 3. The van der Waals surface area contributed by atoms with Crippen molar-refractivity contribution >= 4 is 29.1 Å². The number of rotatable bonds is 7. The minimum absolute atomic E-state index is 0.0657. The average Bonchev–Trinajstić information content (AvgIpc) is 2.77. The van der Waals surface area contributed by atoms with Gasteiger partial charge in [0.2, 0.25) is 5.78 Å². The lowest BCUT2D eigenvalue weighted by Crippen LogP contribution is -2.15. The van der Waals surface area contributed by atoms with E-state index < -0.39 is 4.92 Å². The van der Waals surface area contributed by atoms with Gasteiger partial charge in [-0.2, -0.15) is 5.10 Å². The predicted molar refractivity (Wildman–Crippen MR) is 114 cm³/mol. The van der Waals surface area contributed by atoms with Crippen molar-refractivity contribution < 1.29 is 9.72 Å². The zero-order valence-electron chi connectivity index (χ0n) is 15.6. The van der Waals surface area contributed by atoms with Gasteiger partial charge in [0, 0.05) is 29.8 Å². The molecule has 0 fully saturated rings. The summed E-state index contributed by atoms with van der Waals surface area (Å²) in [5, 5.41) is 22.1. The third-order valence-electron chi connectivity index (χ3n) is 4.15. The topological polar surface area (TPSA) is 97.0 Å². The molecule has 0 aliphatic rings. The molecule has 0 saturated carbocycles. The Labute approximate surface area is 167 Å². The molecule has 0 radical (unpaired) electrons. The summed E-state index contributed by atoms with van der Waals surface area (Å²) in [6.07, 6.45) is 1.38. The Bertz CT molecular complexity index is 1080. The maximum absolute atomic E-state index is 12.9. The summed E-state index contributed by atoms with van der Waals surface area (Å²) in [6.45, 7) is 0. The van der Waals surface area contributed by atoms with Crippen LogP contribution in [0.1, 0.15) is 21.5 Å². The highest BCUT2D eigenvalue weighted by atomic mass is 16.6. The third kappa shape index (κ3) is 4.78. The normalized spacial score (nSPS) is 11.4. The maximum atomic E-state index is 12.9. The first kappa shape index (κ1) is 19.6. The Morgan fingerprint density at radius 2 is 1.59 bits per heavy atom. The standard InChI is InChI=1S/C22H18N4O3/c1-23-19-13-12-16(14-20(19)26(28)29)15-24-25-21(17-8-4-2-5-9-17)22(27)18-10-6-3-7-11-18/h2-15,23H,1H3/b24-15+,25-21+. The van der Waals surface area contributed by atoms with Crippen LogP contribution in [0, 0.1) is 10.1 Å². The number of hydrogen-bond donors (Lipinski definition) is 1. The van der Waals surface area contributed by atoms with Gasteiger partial charge < -0.3 is 5.32 Å². The molecule has 0 aliphatic carbocycles. The van der Waals surface area contributed by atoms with E-state index in [4.69, 9.17) is 0 Å². The van der Waals surface area contributed by atoms with E-state index in [1.165, 1.54) is 12.3 Å². The highest BCUT2D eigenvalue weighted by Crippen LogP contribution is 2.24. The van der Waals surface area contributed by atoms with Crippen LogP contribution in [0.4, 0.5) is 11.4 Å². The second-order valence-electron chi connectivity index (χ2n) is 6.04. The van der Waals surface area contributed by atoms with Crippen LogP contribution in [0.3, 0.4) is 0 Å². The Balaban J connectivity index is 1.96. The summed E-state index contributed by atoms with van der Waals surface area (Å²) in [6, 6.07) is 22.5. The van der Waals surface area contributed by atoms with Gasteiger partial charge in [0.05, 0.1) is 11.1 Å². The zero-order valence-corrected chi connectivity index (χ0v) is 15.6. The highest BCUT2D eigenvalue weighted by Gasteiger charge is 2.16. The maximum Gasteiger partial charge on any atom is 0.292 e. The molecule has 1 N–H and O–H groups in total. The molecular weight excluding hydrogens is 368 g/mol. The molecule has 7 heteroatoms. The van der Waals surface area contributed by atoms with E-state index in [-0.39, 0.29) is 17.2 Å². The van der Waals surface area contributed by atoms with E-state index in [1.807, 2.05) is 24.3 Å². The van der Waals surface area contributed by atoms with Crippen molar-refractivity contribution in [3.63, 3.8) is 0 Å². The molecule has 7 nitrogen and oxygen atoms in total. The molecule has 0 aromatic heterocycles. The van der Waals surface area contributed by atoms with Gasteiger partial charge in [0.25, 0.3) is 5.69 Å². The zero-order chi connectivity index (χ0) is 20.6. The van der Waals surface area contributed by atoms with Crippen molar-refractivity contribution in [3.05, 3.63) is 106 Å². The molecular formula is C22H18N4O3. The molecule has 3 aromatic carbocycles. The summed E-state index contributed by atoms with van der Waals surface area (Å²) in [5.74, 6) is -0.259. The summed E-state index contributed by atoms with van der Waals surface area (Å²) in [4.78, 5) is 23.6. The van der Waals surface area contributed by atoms with Crippen LogP contribution in [-0.2, 0) is 0 Å². The summed E-state index contributed by atoms with van der Waals surface area (Å²) in [7, 11) is 1.61. The Morgan fingerprint density at radius 3 is 2.17 bits per heavy atom. The van der Waals surface area contributed by atoms with E-state index in [0.717, 1.165) is 0 Å². The van der Waals surface area contributed by atoms with Gasteiger partial charge in [-0.05, 0) is 6.07 Å². The van der Waals surface area contributed by atoms with Crippen molar-refractivity contribution in [1.82, 2.24) is 0 Å². The molecule has 0 amide bonds. The first-order chi connectivity index (χ1) is 14.1. The number of nitrogens with one attached hydrogen (secondary N) is 1. The number of ketones is 1. The van der Waals surface area contributed by atoms with Crippen LogP contribution < -0.4 is 5.32 Å². The number of carbonyl (C=O) groups excluding carboxylic acids is 1. The number of carbonyl (C=O) groups is 1. The average molecular weight is 386 g/mol. The molecule has 3 rings (SSSR count). The van der Waals surface area contributed by atoms with E-state index in [9.17, 15) is 14.9 Å². The summed E-state index contributed by atoms with van der Waals surface area (Å²) in [5.41, 5.74) is 2.16. The fourth-order valence-corrected chi connectivity index (χ4v) is 2.70. The number of nitrogens with zero attached hydrogens (tertiary/aromatic N) is 3. The van der Waals surface area contributed by atoms with Crippen LogP contribution in [0.5, 0.6) is 0 Å². The summed E-state index contributed by atoms with van der Waals surface area (Å²) >= 11 is 0. The number of anilines is 1. The number of Topliss-reactive ketones (excluding diaryl/α,β-unsaturated/α-hetero) is 1. The van der Waals surface area contributed by atoms with Crippen molar-refractivity contribution in [1.29, 1.82) is 0 Å².